The van der Waals surface area contributed by atoms with Gasteiger partial charge in [-0.25, -0.2) is 14.2 Å². The fraction of sp³-hybridized carbons (Fsp3) is 0.243. The molecule has 49 heavy (non-hydrogen) atoms. The third-order valence-electron chi connectivity index (χ3n) is 11.0. The molecule has 4 amide bonds. The number of nitro groups is 1. The van der Waals surface area contributed by atoms with Gasteiger partial charge in [0.1, 0.15) is 11.6 Å². The monoisotopic (exact) mass is 679 g/mol. The number of nitro benzene ring substituents is 1. The highest BCUT2D eigenvalue weighted by Crippen LogP contribution is 2.65. The first-order valence-electron chi connectivity index (χ1n) is 15.8. The van der Waals surface area contributed by atoms with Crippen molar-refractivity contribution in [3.05, 3.63) is 117 Å². The zero-order valence-electron chi connectivity index (χ0n) is 25.9. The third-order valence-corrected chi connectivity index (χ3v) is 11.3. The quantitative estimate of drug-likeness (QED) is 0.110. The van der Waals surface area contributed by atoms with Crippen LogP contribution in [0.3, 0.4) is 0 Å². The van der Waals surface area contributed by atoms with Gasteiger partial charge in [-0.15, -0.1) is 0 Å². The van der Waals surface area contributed by atoms with Crippen LogP contribution in [0, 0.1) is 45.0 Å². The Morgan fingerprint density at radius 1 is 0.898 bits per heavy atom. The molecule has 0 unspecified atom stereocenters. The van der Waals surface area contributed by atoms with Crippen molar-refractivity contribution in [2.24, 2.45) is 29.1 Å². The summed E-state index contributed by atoms with van der Waals surface area (Å²) in [6, 6.07) is 19.6. The first-order valence-corrected chi connectivity index (χ1v) is 16.2. The van der Waals surface area contributed by atoms with Gasteiger partial charge in [0.05, 0.1) is 44.5 Å². The van der Waals surface area contributed by atoms with Gasteiger partial charge in [0.2, 0.25) is 23.6 Å². The summed E-state index contributed by atoms with van der Waals surface area (Å²) >= 11 is 6.09. The summed E-state index contributed by atoms with van der Waals surface area (Å²) in [5.74, 6) is -7.28. The smallest absolute Gasteiger partial charge is 0.271 e. The van der Waals surface area contributed by atoms with Crippen molar-refractivity contribution >= 4 is 63.1 Å². The average Bonchev–Trinajstić information content (AvgIpc) is 3.46. The van der Waals surface area contributed by atoms with Crippen LogP contribution < -0.4 is 9.80 Å². The molecule has 2 aliphatic heterocycles. The molecule has 0 spiro atoms. The molecule has 0 aromatic heterocycles. The van der Waals surface area contributed by atoms with Gasteiger partial charge in [-0.1, -0.05) is 59.6 Å². The summed E-state index contributed by atoms with van der Waals surface area (Å²) in [5.41, 5.74) is -0.476. The second kappa shape index (κ2) is 10.8. The number of aromatic hydroxyl groups is 1. The number of carbonyl (C=O) groups excluding carboxylic acids is 4. The van der Waals surface area contributed by atoms with E-state index >= 15 is 0 Å². The highest BCUT2D eigenvalue weighted by Gasteiger charge is 2.68. The lowest BCUT2D eigenvalue weighted by molar-refractivity contribution is -0.384. The number of halogens is 2. The van der Waals surface area contributed by atoms with Gasteiger partial charge >= 0.3 is 0 Å². The fourth-order valence-electron chi connectivity index (χ4n) is 8.78. The van der Waals surface area contributed by atoms with Crippen molar-refractivity contribution in [1.29, 1.82) is 0 Å². The van der Waals surface area contributed by atoms with Crippen molar-refractivity contribution in [3.63, 3.8) is 0 Å². The van der Waals surface area contributed by atoms with E-state index in [4.69, 9.17) is 11.6 Å². The molecule has 1 N–H and O–H groups in total. The van der Waals surface area contributed by atoms with E-state index < -0.39 is 69.4 Å². The number of amides is 4. The molecule has 2 aliphatic carbocycles. The lowest BCUT2D eigenvalue weighted by Gasteiger charge is -2.49. The first-order chi connectivity index (χ1) is 23.4. The summed E-state index contributed by atoms with van der Waals surface area (Å²) in [5, 5.41) is 24.2. The fourth-order valence-corrected chi connectivity index (χ4v) is 8.96. The van der Waals surface area contributed by atoms with Crippen LogP contribution in [0.5, 0.6) is 5.75 Å². The number of hydrogen-bond donors (Lipinski definition) is 1. The Labute approximate surface area is 283 Å². The number of hydrogen-bond acceptors (Lipinski definition) is 7. The molecule has 4 aromatic rings. The number of rotatable bonds is 4. The molecule has 246 valence electrons. The molecule has 4 aliphatic rings. The Balaban J connectivity index is 1.31. The minimum atomic E-state index is -1.46. The summed E-state index contributed by atoms with van der Waals surface area (Å²) in [6.45, 7) is 1.69. The molecule has 3 fully saturated rings. The maximum absolute atomic E-state index is 14.7. The van der Waals surface area contributed by atoms with Crippen LogP contribution in [0.1, 0.15) is 31.2 Å². The molecule has 2 heterocycles. The molecule has 2 saturated heterocycles. The number of imide groups is 2. The van der Waals surface area contributed by atoms with Crippen molar-refractivity contribution < 1.29 is 33.6 Å². The Bertz CT molecular complexity index is 2220. The lowest BCUT2D eigenvalue weighted by Crippen LogP contribution is -2.49. The van der Waals surface area contributed by atoms with Gasteiger partial charge in [-0.2, -0.15) is 0 Å². The zero-order valence-corrected chi connectivity index (χ0v) is 26.6. The largest absolute Gasteiger partial charge is 0.508 e. The third kappa shape index (κ3) is 4.24. The molecule has 10 nitrogen and oxygen atoms in total. The van der Waals surface area contributed by atoms with E-state index in [0.29, 0.717) is 16.5 Å². The predicted molar refractivity (Wildman–Crippen MR) is 177 cm³/mol. The van der Waals surface area contributed by atoms with E-state index in [2.05, 4.69) is 0 Å². The lowest BCUT2D eigenvalue weighted by atomic mass is 9.51. The SMILES string of the molecule is C[C@@]12C(=O)N(c3ccc(F)c(Cl)c3)C(=O)[C@@H]1C[C@@H]1C(=CC[C@@H]3C(=O)N(c4cccc([N+](=O)[O-])c4)C(=O)[C@@H]31)[C@@H]2c1c(O)ccc2ccccc12. The van der Waals surface area contributed by atoms with Gasteiger partial charge in [0.25, 0.3) is 5.69 Å². The Kier molecular flexibility index (Phi) is 6.80. The minimum absolute atomic E-state index is 0.0450. The van der Waals surface area contributed by atoms with Gasteiger partial charge in [0.15, 0.2) is 0 Å². The van der Waals surface area contributed by atoms with Crippen LogP contribution in [0.4, 0.5) is 21.5 Å². The van der Waals surface area contributed by atoms with E-state index in [1.807, 2.05) is 24.3 Å². The van der Waals surface area contributed by atoms with E-state index in [1.165, 1.54) is 36.4 Å². The molecule has 4 aromatic carbocycles. The van der Waals surface area contributed by atoms with E-state index in [1.54, 1.807) is 25.1 Å². The molecule has 12 heteroatoms. The van der Waals surface area contributed by atoms with Crippen LogP contribution in [0.15, 0.2) is 90.5 Å². The number of phenols is 1. The van der Waals surface area contributed by atoms with Crippen LogP contribution in [0.25, 0.3) is 10.8 Å². The van der Waals surface area contributed by atoms with Crippen molar-refractivity contribution in [1.82, 2.24) is 0 Å². The van der Waals surface area contributed by atoms with Crippen molar-refractivity contribution in [2.75, 3.05) is 9.80 Å². The Morgan fingerprint density at radius 2 is 1.65 bits per heavy atom. The molecule has 6 atom stereocenters. The van der Waals surface area contributed by atoms with Crippen molar-refractivity contribution in [2.45, 2.75) is 25.7 Å². The van der Waals surface area contributed by atoms with Gasteiger partial charge in [-0.05, 0) is 66.8 Å². The molecular formula is C37H27ClFN3O7. The summed E-state index contributed by atoms with van der Waals surface area (Å²) in [7, 11) is 0. The van der Waals surface area contributed by atoms with E-state index in [9.17, 15) is 38.8 Å². The normalized spacial score (nSPS) is 27.7. The number of anilines is 2. The Morgan fingerprint density at radius 3 is 2.41 bits per heavy atom. The predicted octanol–water partition coefficient (Wildman–Crippen LogP) is 6.68. The summed E-state index contributed by atoms with van der Waals surface area (Å²) in [6.07, 6.45) is 2.05. The van der Waals surface area contributed by atoms with Crippen LogP contribution in [-0.4, -0.2) is 33.7 Å². The molecule has 0 bridgehead atoms. The van der Waals surface area contributed by atoms with Crippen molar-refractivity contribution in [3.8, 4) is 5.75 Å². The number of nitrogens with zero attached hydrogens (tertiary/aromatic N) is 3. The molecule has 1 saturated carbocycles. The van der Waals surface area contributed by atoms with E-state index in [-0.39, 0.29) is 40.7 Å². The number of fused-ring (bicyclic) bond motifs is 5. The summed E-state index contributed by atoms with van der Waals surface area (Å²) in [4.78, 5) is 70.3. The zero-order chi connectivity index (χ0) is 34.5. The number of carbonyl (C=O) groups is 4. The number of non-ortho nitro benzene ring substituents is 1. The van der Waals surface area contributed by atoms with E-state index in [0.717, 1.165) is 21.3 Å². The van der Waals surface area contributed by atoms with Gasteiger partial charge in [0, 0.05) is 23.6 Å². The number of phenolic OH excluding ortho intramolecular Hbond substituents is 1. The second-order valence-electron chi connectivity index (χ2n) is 13.3. The van der Waals surface area contributed by atoms with Gasteiger partial charge in [-0.3, -0.25) is 29.3 Å². The van der Waals surface area contributed by atoms with Gasteiger partial charge < -0.3 is 5.11 Å². The minimum Gasteiger partial charge on any atom is -0.508 e. The highest BCUT2D eigenvalue weighted by atomic mass is 35.5. The topological polar surface area (TPSA) is 138 Å². The summed E-state index contributed by atoms with van der Waals surface area (Å²) < 4.78 is 14.2. The number of benzene rings is 4. The second-order valence-corrected chi connectivity index (χ2v) is 13.7. The first kappa shape index (κ1) is 30.9. The maximum Gasteiger partial charge on any atom is 0.271 e. The average molecular weight is 680 g/mol. The molecular weight excluding hydrogens is 653 g/mol. The maximum atomic E-state index is 14.7. The number of allylic oxidation sites excluding steroid dienone is 2. The van der Waals surface area contributed by atoms with Crippen LogP contribution >= 0.6 is 11.6 Å². The van der Waals surface area contributed by atoms with Crippen LogP contribution in [-0.2, 0) is 19.2 Å². The molecule has 0 radical (unpaired) electrons. The van der Waals surface area contributed by atoms with Crippen LogP contribution in [0.2, 0.25) is 5.02 Å². The Hall–Kier alpha value is -5.42. The highest BCUT2D eigenvalue weighted by molar-refractivity contribution is 6.32. The molecule has 8 rings (SSSR count). The standard InChI is InChI=1S/C37H27ClFN3O7/c1-37-26(34(45)41(36(37)47)20-10-13-28(39)27(38)16-20)17-25-23(32(37)31-22-8-3-2-5-18(22)9-14-29(31)43)11-12-24-30(25)35(46)40(33(24)44)19-6-4-7-21(15-19)42(48)49/h2-11,13-16,24-26,30,32,43H,12,17H2,1H3/t24-,25+,26-,30-,32+,37+/m0/s1.